The van der Waals surface area contributed by atoms with Gasteiger partial charge in [-0.15, -0.1) is 0 Å². The van der Waals surface area contributed by atoms with Crippen molar-refractivity contribution in [3.63, 3.8) is 0 Å². The fourth-order valence-corrected chi connectivity index (χ4v) is 5.05. The Labute approximate surface area is 211 Å². The van der Waals surface area contributed by atoms with E-state index in [2.05, 4.69) is 10.6 Å². The van der Waals surface area contributed by atoms with Gasteiger partial charge in [0.05, 0.1) is 7.11 Å². The molecule has 2 N–H and O–H groups in total. The zero-order valence-electron chi connectivity index (χ0n) is 20.0. The minimum atomic E-state index is -1.79. The van der Waals surface area contributed by atoms with Gasteiger partial charge in [0.1, 0.15) is 23.8 Å². The van der Waals surface area contributed by atoms with E-state index >= 15 is 0 Å². The van der Waals surface area contributed by atoms with Crippen LogP contribution in [-0.2, 0) is 25.2 Å². The number of hydrogen-bond donors (Lipinski definition) is 2. The van der Waals surface area contributed by atoms with Gasteiger partial charge in [0, 0.05) is 34.3 Å². The van der Waals surface area contributed by atoms with Crippen molar-refractivity contribution in [3.8, 4) is 17.2 Å². The van der Waals surface area contributed by atoms with Crippen LogP contribution in [0.4, 0.5) is 11.4 Å². The van der Waals surface area contributed by atoms with E-state index in [0.717, 1.165) is 25.7 Å². The normalized spacial score (nSPS) is 15.2. The predicted octanol–water partition coefficient (Wildman–Crippen LogP) is 2.20. The summed E-state index contributed by atoms with van der Waals surface area (Å²) in [6, 6.07) is 11.7. The lowest BCUT2D eigenvalue weighted by Gasteiger charge is -2.23. The van der Waals surface area contributed by atoms with Crippen molar-refractivity contribution in [2.24, 2.45) is 0 Å². The highest BCUT2D eigenvalue weighted by atomic mass is 32.2. The van der Waals surface area contributed by atoms with Gasteiger partial charge in [0.25, 0.3) is 0 Å². The molecule has 3 amide bonds. The number of methoxy groups -OCH3 is 1. The van der Waals surface area contributed by atoms with Crippen LogP contribution >= 0.6 is 0 Å². The van der Waals surface area contributed by atoms with E-state index < -0.39 is 28.4 Å². The molecule has 0 saturated heterocycles. The second-order valence-electron chi connectivity index (χ2n) is 8.57. The summed E-state index contributed by atoms with van der Waals surface area (Å²) in [5, 5.41) is 5.62. The minimum absolute atomic E-state index is 0.110. The average molecular weight is 516 g/mol. The molecular weight excluding hydrogens is 486 g/mol. The number of carbonyl (C=O) groups excluding carboxylic acids is 3. The molecule has 0 unspecified atom stereocenters. The number of anilines is 2. The molecule has 1 heterocycles. The number of nitrogens with one attached hydrogen (secondary N) is 2. The van der Waals surface area contributed by atoms with Crippen LogP contribution in [0.2, 0.25) is 0 Å². The Bertz CT molecular complexity index is 1130. The van der Waals surface area contributed by atoms with Crippen LogP contribution in [0.5, 0.6) is 17.2 Å². The summed E-state index contributed by atoms with van der Waals surface area (Å²) in [4.78, 5) is 39.5. The third-order valence-corrected chi connectivity index (χ3v) is 7.09. The summed E-state index contributed by atoms with van der Waals surface area (Å²) < 4.78 is 28.4. The molecule has 1 aliphatic heterocycles. The predicted molar refractivity (Wildman–Crippen MR) is 135 cm³/mol. The van der Waals surface area contributed by atoms with Crippen LogP contribution in [-0.4, -0.2) is 59.9 Å². The summed E-state index contributed by atoms with van der Waals surface area (Å²) in [6.45, 7) is -0.0928. The van der Waals surface area contributed by atoms with Crippen molar-refractivity contribution in [1.82, 2.24) is 5.32 Å². The van der Waals surface area contributed by atoms with E-state index in [-0.39, 0.29) is 31.0 Å². The van der Waals surface area contributed by atoms with Crippen molar-refractivity contribution < 1.29 is 32.8 Å². The molecular formula is C25H29N3O7S. The summed E-state index contributed by atoms with van der Waals surface area (Å²) in [6.07, 6.45) is 3.98. The Hall–Kier alpha value is -3.60. The van der Waals surface area contributed by atoms with Gasteiger partial charge < -0.3 is 29.7 Å². The molecule has 11 heteroatoms. The van der Waals surface area contributed by atoms with Gasteiger partial charge in [-0.05, 0) is 49.2 Å². The SMILES string of the molecule is COc1ccc(N(CC(=O)NC2CCCC2)C(=O)C[S@](=O)CC(=O)Nc2ccc3c(c2)OCO3)cc1. The molecule has 1 aliphatic carbocycles. The molecule has 1 atom stereocenters. The van der Waals surface area contributed by atoms with Crippen molar-refractivity contribution in [2.75, 3.05) is 42.2 Å². The number of hydrogen-bond acceptors (Lipinski definition) is 7. The van der Waals surface area contributed by atoms with Crippen molar-refractivity contribution in [2.45, 2.75) is 31.7 Å². The topological polar surface area (TPSA) is 123 Å². The zero-order valence-corrected chi connectivity index (χ0v) is 20.8. The standard InChI is InChI=1S/C25H29N3O7S/c1-33-20-9-7-19(8-10-20)28(13-23(29)26-17-4-2-3-5-17)25(31)15-36(32)14-24(30)27-18-6-11-21-22(12-18)35-16-34-21/h6-12,17H,2-5,13-16H2,1H3,(H,26,29)(H,27,30)/t36-/m1/s1. The maximum Gasteiger partial charge on any atom is 0.240 e. The van der Waals surface area contributed by atoms with E-state index in [1.54, 1.807) is 42.5 Å². The van der Waals surface area contributed by atoms with Crippen LogP contribution in [0.3, 0.4) is 0 Å². The number of benzene rings is 2. The number of carbonyl (C=O) groups is 3. The maximum absolute atomic E-state index is 13.1. The largest absolute Gasteiger partial charge is 0.497 e. The molecule has 192 valence electrons. The van der Waals surface area contributed by atoms with Crippen LogP contribution in [0.25, 0.3) is 0 Å². The van der Waals surface area contributed by atoms with E-state index in [9.17, 15) is 18.6 Å². The third-order valence-electron chi connectivity index (χ3n) is 5.94. The lowest BCUT2D eigenvalue weighted by molar-refractivity contribution is -0.123. The van der Waals surface area contributed by atoms with Gasteiger partial charge in [-0.25, -0.2) is 0 Å². The van der Waals surface area contributed by atoms with Crippen LogP contribution in [0.15, 0.2) is 42.5 Å². The van der Waals surface area contributed by atoms with Crippen molar-refractivity contribution in [1.29, 1.82) is 0 Å². The molecule has 1 saturated carbocycles. The molecule has 1 fully saturated rings. The van der Waals surface area contributed by atoms with E-state index in [0.29, 0.717) is 28.6 Å². The smallest absolute Gasteiger partial charge is 0.240 e. The monoisotopic (exact) mass is 515 g/mol. The lowest BCUT2D eigenvalue weighted by atomic mass is 10.2. The first kappa shape index (κ1) is 25.5. The first-order chi connectivity index (χ1) is 17.4. The number of amides is 3. The molecule has 10 nitrogen and oxygen atoms in total. The Morgan fingerprint density at radius 3 is 2.44 bits per heavy atom. The van der Waals surface area contributed by atoms with Crippen LogP contribution in [0.1, 0.15) is 25.7 Å². The Morgan fingerprint density at radius 2 is 1.72 bits per heavy atom. The third kappa shape index (κ3) is 6.75. The molecule has 0 bridgehead atoms. The highest BCUT2D eigenvalue weighted by molar-refractivity contribution is 7.86. The van der Waals surface area contributed by atoms with Gasteiger partial charge in [0.15, 0.2) is 11.5 Å². The number of nitrogens with zero attached hydrogens (tertiary/aromatic N) is 1. The number of ether oxygens (including phenoxy) is 3. The fraction of sp³-hybridized carbons (Fsp3) is 0.400. The first-order valence-corrected chi connectivity index (χ1v) is 13.2. The lowest BCUT2D eigenvalue weighted by Crippen LogP contribution is -2.45. The summed E-state index contributed by atoms with van der Waals surface area (Å²) in [5.41, 5.74) is 0.945. The molecule has 4 rings (SSSR count). The van der Waals surface area contributed by atoms with Crippen LogP contribution < -0.4 is 29.7 Å². The second-order valence-corrected chi connectivity index (χ2v) is 10.0. The second kappa shape index (κ2) is 11.9. The van der Waals surface area contributed by atoms with Gasteiger partial charge in [0.2, 0.25) is 24.5 Å². The van der Waals surface area contributed by atoms with E-state index in [1.807, 2.05) is 0 Å². The maximum atomic E-state index is 13.1. The Kier molecular flexibility index (Phi) is 8.42. The zero-order chi connectivity index (χ0) is 25.5. The minimum Gasteiger partial charge on any atom is -0.497 e. The van der Waals surface area contributed by atoms with Gasteiger partial charge >= 0.3 is 0 Å². The average Bonchev–Trinajstić information content (AvgIpc) is 3.54. The summed E-state index contributed by atoms with van der Waals surface area (Å²) in [5.74, 6) is -0.385. The quantitative estimate of drug-likeness (QED) is 0.497. The van der Waals surface area contributed by atoms with Gasteiger partial charge in [-0.1, -0.05) is 12.8 Å². The van der Waals surface area contributed by atoms with Crippen LogP contribution in [0, 0.1) is 0 Å². The Morgan fingerprint density at radius 1 is 1.00 bits per heavy atom. The molecule has 2 aromatic rings. The summed E-state index contributed by atoms with van der Waals surface area (Å²) in [7, 11) is -0.255. The van der Waals surface area contributed by atoms with E-state index in [4.69, 9.17) is 14.2 Å². The first-order valence-electron chi connectivity index (χ1n) is 11.7. The molecule has 0 radical (unpaired) electrons. The molecule has 0 spiro atoms. The molecule has 36 heavy (non-hydrogen) atoms. The fourth-order valence-electron chi connectivity index (χ4n) is 4.16. The highest BCUT2D eigenvalue weighted by Crippen LogP contribution is 2.34. The molecule has 0 aromatic heterocycles. The van der Waals surface area contributed by atoms with Crippen molar-refractivity contribution in [3.05, 3.63) is 42.5 Å². The van der Waals surface area contributed by atoms with Crippen molar-refractivity contribution >= 4 is 39.9 Å². The van der Waals surface area contributed by atoms with Gasteiger partial charge in [-0.2, -0.15) is 0 Å². The highest BCUT2D eigenvalue weighted by Gasteiger charge is 2.25. The molecule has 2 aliphatic rings. The number of fused-ring (bicyclic) bond motifs is 1. The van der Waals surface area contributed by atoms with Gasteiger partial charge in [-0.3, -0.25) is 18.6 Å². The van der Waals surface area contributed by atoms with E-state index in [1.165, 1.54) is 12.0 Å². The summed E-state index contributed by atoms with van der Waals surface area (Å²) >= 11 is 0. The Balaban J connectivity index is 1.36. The molecule has 2 aromatic carbocycles. The number of rotatable bonds is 10.